The molecule has 168 valence electrons. The fraction of sp³-hybridized carbons (Fsp3) is 0.269. The highest BCUT2D eigenvalue weighted by Crippen LogP contribution is 2.28. The molecular formula is C26H29NO5. The molecule has 0 aliphatic heterocycles. The minimum absolute atomic E-state index is 0.170. The summed E-state index contributed by atoms with van der Waals surface area (Å²) in [6.45, 7) is 6.61. The van der Waals surface area contributed by atoms with Gasteiger partial charge in [0.1, 0.15) is 18.1 Å². The molecule has 6 heteroatoms. The average molecular weight is 436 g/mol. The molecule has 0 saturated carbocycles. The van der Waals surface area contributed by atoms with Crippen LogP contribution in [-0.4, -0.2) is 40.5 Å². The van der Waals surface area contributed by atoms with Crippen LogP contribution in [0.25, 0.3) is 11.1 Å². The molecule has 0 saturated heterocycles. The maximum Gasteiger partial charge on any atom is 0.335 e. The smallest absolute Gasteiger partial charge is 0.335 e. The first-order valence-corrected chi connectivity index (χ1v) is 10.5. The number of aliphatic hydroxyl groups excluding tert-OH is 1. The van der Waals surface area contributed by atoms with Gasteiger partial charge in [0.2, 0.25) is 0 Å². The fourth-order valence-corrected chi connectivity index (χ4v) is 3.62. The molecule has 3 rings (SSSR count). The number of aromatic hydroxyl groups is 1. The summed E-state index contributed by atoms with van der Waals surface area (Å²) < 4.78 is 5.80. The Labute approximate surface area is 188 Å². The molecule has 2 unspecified atom stereocenters. The lowest BCUT2D eigenvalue weighted by Crippen LogP contribution is -2.35. The Bertz CT molecular complexity index is 1060. The number of hydrogen-bond donors (Lipinski definition) is 4. The SMILES string of the molecule is Cc1cc(-c2ccc(OCCNC(C)C(O)c3ccc(O)cc3)cc2)c(C)cc1C(=O)O. The van der Waals surface area contributed by atoms with E-state index in [9.17, 15) is 20.1 Å². The van der Waals surface area contributed by atoms with Gasteiger partial charge < -0.3 is 25.4 Å². The third kappa shape index (κ3) is 5.66. The Morgan fingerprint density at radius 2 is 1.66 bits per heavy atom. The van der Waals surface area contributed by atoms with Gasteiger partial charge in [0.25, 0.3) is 0 Å². The van der Waals surface area contributed by atoms with Crippen molar-refractivity contribution in [2.75, 3.05) is 13.2 Å². The van der Waals surface area contributed by atoms with Gasteiger partial charge in [-0.15, -0.1) is 0 Å². The summed E-state index contributed by atoms with van der Waals surface area (Å²) in [6.07, 6.45) is -0.686. The zero-order valence-corrected chi connectivity index (χ0v) is 18.5. The van der Waals surface area contributed by atoms with Crippen LogP contribution in [0.3, 0.4) is 0 Å². The predicted molar refractivity (Wildman–Crippen MR) is 124 cm³/mol. The lowest BCUT2D eigenvalue weighted by molar-refractivity contribution is 0.0696. The van der Waals surface area contributed by atoms with Gasteiger partial charge in [0, 0.05) is 12.6 Å². The van der Waals surface area contributed by atoms with Crippen molar-refractivity contribution in [3.63, 3.8) is 0 Å². The zero-order chi connectivity index (χ0) is 23.3. The maximum absolute atomic E-state index is 11.3. The van der Waals surface area contributed by atoms with Gasteiger partial charge in [-0.2, -0.15) is 0 Å². The van der Waals surface area contributed by atoms with E-state index >= 15 is 0 Å². The quantitative estimate of drug-likeness (QED) is 0.370. The first kappa shape index (κ1) is 23.3. The van der Waals surface area contributed by atoms with E-state index in [2.05, 4.69) is 5.32 Å². The molecule has 6 nitrogen and oxygen atoms in total. The minimum atomic E-state index is -0.917. The van der Waals surface area contributed by atoms with Gasteiger partial charge in [-0.25, -0.2) is 4.79 Å². The van der Waals surface area contributed by atoms with E-state index in [1.54, 1.807) is 37.3 Å². The van der Waals surface area contributed by atoms with Crippen molar-refractivity contribution in [3.05, 3.63) is 82.9 Å². The highest BCUT2D eigenvalue weighted by atomic mass is 16.5. The summed E-state index contributed by atoms with van der Waals surface area (Å²) in [5, 5.41) is 32.3. The first-order valence-electron chi connectivity index (χ1n) is 10.5. The number of phenolic OH excluding ortho intramolecular Hbond substituents is 1. The standard InChI is InChI=1S/C26H29NO5/c1-16-15-24(26(30)31)17(2)14-23(16)19-6-10-22(11-7-19)32-13-12-27-18(3)25(29)20-4-8-21(28)9-5-20/h4-11,14-15,18,25,27-29H,12-13H2,1-3H3,(H,30,31). The highest BCUT2D eigenvalue weighted by Gasteiger charge is 2.16. The zero-order valence-electron chi connectivity index (χ0n) is 18.5. The van der Waals surface area contributed by atoms with Gasteiger partial charge >= 0.3 is 5.97 Å². The molecule has 0 heterocycles. The monoisotopic (exact) mass is 435 g/mol. The summed E-state index contributed by atoms with van der Waals surface area (Å²) in [6, 6.07) is 17.7. The van der Waals surface area contributed by atoms with Gasteiger partial charge in [0.05, 0.1) is 11.7 Å². The number of carbonyl (C=O) groups is 1. The van der Waals surface area contributed by atoms with Crippen LogP contribution in [0.1, 0.15) is 40.1 Å². The number of ether oxygens (including phenoxy) is 1. The number of benzene rings is 3. The number of aryl methyl sites for hydroxylation is 2. The van der Waals surface area contributed by atoms with Crippen molar-refractivity contribution in [3.8, 4) is 22.6 Å². The minimum Gasteiger partial charge on any atom is -0.508 e. The number of carboxylic acids is 1. The van der Waals surface area contributed by atoms with Gasteiger partial charge in [0.15, 0.2) is 0 Å². The topological polar surface area (TPSA) is 99.0 Å². The number of hydrogen-bond acceptors (Lipinski definition) is 5. The van der Waals surface area contributed by atoms with E-state index in [-0.39, 0.29) is 11.8 Å². The van der Waals surface area contributed by atoms with Crippen LogP contribution >= 0.6 is 0 Å². The second-order valence-electron chi connectivity index (χ2n) is 7.94. The molecule has 32 heavy (non-hydrogen) atoms. The second-order valence-corrected chi connectivity index (χ2v) is 7.94. The summed E-state index contributed by atoms with van der Waals surface area (Å²) >= 11 is 0. The molecule has 0 aliphatic carbocycles. The molecule has 3 aromatic rings. The van der Waals surface area contributed by atoms with E-state index in [0.29, 0.717) is 18.7 Å². The van der Waals surface area contributed by atoms with E-state index in [1.807, 2.05) is 44.2 Å². The molecule has 4 N–H and O–H groups in total. The van der Waals surface area contributed by atoms with E-state index in [4.69, 9.17) is 4.74 Å². The van der Waals surface area contributed by atoms with Crippen LogP contribution < -0.4 is 10.1 Å². The number of aliphatic hydroxyl groups is 1. The molecule has 2 atom stereocenters. The van der Waals surface area contributed by atoms with Gasteiger partial charge in [-0.1, -0.05) is 30.3 Å². The molecule has 3 aromatic carbocycles. The van der Waals surface area contributed by atoms with E-state index < -0.39 is 12.1 Å². The van der Waals surface area contributed by atoms with Crippen LogP contribution in [0.15, 0.2) is 60.7 Å². The van der Waals surface area contributed by atoms with Crippen LogP contribution in [0.4, 0.5) is 0 Å². The maximum atomic E-state index is 11.3. The Morgan fingerprint density at radius 1 is 1.00 bits per heavy atom. The van der Waals surface area contributed by atoms with Crippen LogP contribution in [0.5, 0.6) is 11.5 Å². The average Bonchev–Trinajstić information content (AvgIpc) is 2.78. The number of phenols is 1. The van der Waals surface area contributed by atoms with Crippen molar-refractivity contribution >= 4 is 5.97 Å². The number of carboxylic acid groups (broad SMARTS) is 1. The Balaban J connectivity index is 1.53. The molecule has 0 aromatic heterocycles. The lowest BCUT2D eigenvalue weighted by atomic mass is 9.95. The number of aromatic carboxylic acids is 1. The van der Waals surface area contributed by atoms with E-state index in [0.717, 1.165) is 33.6 Å². The first-order chi connectivity index (χ1) is 15.3. The summed E-state index contributed by atoms with van der Waals surface area (Å²) in [5.41, 5.74) is 4.70. The second kappa shape index (κ2) is 10.3. The molecule has 0 aliphatic rings. The molecule has 0 radical (unpaired) electrons. The Morgan fingerprint density at radius 3 is 2.28 bits per heavy atom. The van der Waals surface area contributed by atoms with Crippen molar-refractivity contribution in [2.24, 2.45) is 0 Å². The van der Waals surface area contributed by atoms with Gasteiger partial charge in [-0.3, -0.25) is 0 Å². The Hall–Kier alpha value is -3.35. The van der Waals surface area contributed by atoms with E-state index in [1.165, 1.54) is 0 Å². The van der Waals surface area contributed by atoms with Crippen molar-refractivity contribution in [1.29, 1.82) is 0 Å². The number of rotatable bonds is 9. The third-order valence-corrected chi connectivity index (χ3v) is 5.51. The Kier molecular flexibility index (Phi) is 7.51. The lowest BCUT2D eigenvalue weighted by Gasteiger charge is -2.21. The molecule has 0 spiro atoms. The van der Waals surface area contributed by atoms with Gasteiger partial charge in [-0.05, 0) is 78.9 Å². The van der Waals surface area contributed by atoms with Crippen molar-refractivity contribution in [1.82, 2.24) is 5.32 Å². The molecule has 0 bridgehead atoms. The summed E-state index contributed by atoms with van der Waals surface area (Å²) in [4.78, 5) is 11.3. The highest BCUT2D eigenvalue weighted by molar-refractivity contribution is 5.91. The molecule has 0 fully saturated rings. The predicted octanol–water partition coefficient (Wildman–Crippen LogP) is 4.46. The fourth-order valence-electron chi connectivity index (χ4n) is 3.62. The normalized spacial score (nSPS) is 12.9. The molecule has 0 amide bonds. The van der Waals surface area contributed by atoms with Crippen molar-refractivity contribution in [2.45, 2.75) is 32.9 Å². The number of nitrogens with one attached hydrogen (secondary N) is 1. The summed E-state index contributed by atoms with van der Waals surface area (Å²) in [5.74, 6) is -0.0122. The van der Waals surface area contributed by atoms with Crippen LogP contribution in [0.2, 0.25) is 0 Å². The summed E-state index contributed by atoms with van der Waals surface area (Å²) in [7, 11) is 0. The molecular weight excluding hydrogens is 406 g/mol. The van der Waals surface area contributed by atoms with Crippen molar-refractivity contribution < 1.29 is 24.9 Å². The van der Waals surface area contributed by atoms with Crippen LogP contribution in [-0.2, 0) is 0 Å². The largest absolute Gasteiger partial charge is 0.508 e. The van der Waals surface area contributed by atoms with Crippen LogP contribution in [0, 0.1) is 13.8 Å². The third-order valence-electron chi connectivity index (χ3n) is 5.51.